The summed E-state index contributed by atoms with van der Waals surface area (Å²) in [4.78, 5) is 12.7. The zero-order chi connectivity index (χ0) is 20.2. The highest BCUT2D eigenvalue weighted by molar-refractivity contribution is 5.92. The van der Waals surface area contributed by atoms with Crippen LogP contribution in [0.25, 0.3) is 5.69 Å². The average Bonchev–Trinajstić information content (AvgIpc) is 3.36. The van der Waals surface area contributed by atoms with Crippen molar-refractivity contribution >= 4 is 5.91 Å². The van der Waals surface area contributed by atoms with Gasteiger partial charge >= 0.3 is 0 Å². The Morgan fingerprint density at radius 1 is 1.28 bits per heavy atom. The van der Waals surface area contributed by atoms with Gasteiger partial charge in [0.15, 0.2) is 0 Å². The lowest BCUT2D eigenvalue weighted by Crippen LogP contribution is -2.35. The van der Waals surface area contributed by atoms with Crippen LogP contribution in [-0.4, -0.2) is 44.6 Å². The van der Waals surface area contributed by atoms with E-state index in [0.29, 0.717) is 18.2 Å². The zero-order valence-electron chi connectivity index (χ0n) is 17.0. The molecule has 0 radical (unpaired) electrons. The number of carbonyl (C=O) groups excluding carboxylic acids is 1. The molecule has 1 aliphatic rings. The van der Waals surface area contributed by atoms with Gasteiger partial charge < -0.3 is 10.6 Å². The molecule has 2 unspecified atom stereocenters. The molecule has 29 heavy (non-hydrogen) atoms. The van der Waals surface area contributed by atoms with Crippen molar-refractivity contribution in [3.63, 3.8) is 0 Å². The van der Waals surface area contributed by atoms with Crippen LogP contribution in [0.3, 0.4) is 0 Å². The van der Waals surface area contributed by atoms with Crippen molar-refractivity contribution in [2.24, 2.45) is 0 Å². The number of hydrogen-bond donors (Lipinski definition) is 2. The van der Waals surface area contributed by atoms with Crippen molar-refractivity contribution in [3.8, 4) is 5.69 Å². The van der Waals surface area contributed by atoms with E-state index in [1.165, 1.54) is 0 Å². The minimum Gasteiger partial charge on any atom is -0.348 e. The van der Waals surface area contributed by atoms with E-state index in [1.807, 2.05) is 59.7 Å². The van der Waals surface area contributed by atoms with Crippen molar-refractivity contribution in [3.05, 3.63) is 65.7 Å². The highest BCUT2D eigenvalue weighted by atomic mass is 16.2. The molecule has 1 amide bonds. The third-order valence-corrected chi connectivity index (χ3v) is 5.28. The Morgan fingerprint density at radius 3 is 2.86 bits per heavy atom. The number of nitrogens with one attached hydrogen (secondary N) is 2. The van der Waals surface area contributed by atoms with Gasteiger partial charge in [0.2, 0.25) is 0 Å². The maximum atomic E-state index is 12.7. The lowest BCUT2D eigenvalue weighted by atomic mass is 10.1. The summed E-state index contributed by atoms with van der Waals surface area (Å²) in [5, 5.41) is 15.6. The Hall–Kier alpha value is -2.93. The van der Waals surface area contributed by atoms with Crippen molar-refractivity contribution in [2.75, 3.05) is 13.1 Å². The van der Waals surface area contributed by atoms with Gasteiger partial charge in [-0.2, -0.15) is 10.2 Å². The van der Waals surface area contributed by atoms with E-state index < -0.39 is 0 Å². The lowest BCUT2D eigenvalue weighted by Gasteiger charge is -2.22. The lowest BCUT2D eigenvalue weighted by molar-refractivity contribution is 0.0933. The molecular weight excluding hydrogens is 364 g/mol. The molecule has 152 valence electrons. The largest absolute Gasteiger partial charge is 0.348 e. The summed E-state index contributed by atoms with van der Waals surface area (Å²) in [6.45, 7) is 5.96. The number of para-hydroxylation sites is 1. The summed E-state index contributed by atoms with van der Waals surface area (Å²) in [6, 6.07) is 14.2. The second kappa shape index (κ2) is 8.61. The first-order valence-corrected chi connectivity index (χ1v) is 10.3. The minimum absolute atomic E-state index is 0.0393. The molecule has 1 fully saturated rings. The third-order valence-electron chi connectivity index (χ3n) is 5.28. The molecule has 7 nitrogen and oxygen atoms in total. The molecule has 2 aromatic heterocycles. The average molecular weight is 393 g/mol. The number of hydrogen-bond acceptors (Lipinski definition) is 4. The first-order chi connectivity index (χ1) is 14.1. The van der Waals surface area contributed by atoms with Crippen molar-refractivity contribution < 1.29 is 4.79 Å². The molecule has 2 atom stereocenters. The summed E-state index contributed by atoms with van der Waals surface area (Å²) in [5.41, 5.74) is 3.52. The Labute approximate surface area is 171 Å². The Morgan fingerprint density at radius 2 is 2.10 bits per heavy atom. The van der Waals surface area contributed by atoms with Crippen LogP contribution >= 0.6 is 0 Å². The molecule has 1 aromatic carbocycles. The van der Waals surface area contributed by atoms with Crippen LogP contribution < -0.4 is 10.6 Å². The first kappa shape index (κ1) is 19.4. The van der Waals surface area contributed by atoms with E-state index in [-0.39, 0.29) is 11.9 Å². The maximum Gasteiger partial charge on any atom is 0.271 e. The van der Waals surface area contributed by atoms with E-state index in [1.54, 1.807) is 6.07 Å². The second-order valence-electron chi connectivity index (χ2n) is 7.78. The van der Waals surface area contributed by atoms with Crippen LogP contribution in [0.1, 0.15) is 47.7 Å². The van der Waals surface area contributed by atoms with E-state index in [4.69, 9.17) is 0 Å². The van der Waals surface area contributed by atoms with E-state index in [0.717, 1.165) is 43.0 Å². The summed E-state index contributed by atoms with van der Waals surface area (Å²) in [6.07, 6.45) is 4.83. The minimum atomic E-state index is -0.137. The normalized spacial score (nSPS) is 17.8. The number of carbonyl (C=O) groups is 1. The van der Waals surface area contributed by atoms with Crippen LogP contribution in [0.15, 0.2) is 48.7 Å². The van der Waals surface area contributed by atoms with Crippen molar-refractivity contribution in [1.29, 1.82) is 0 Å². The van der Waals surface area contributed by atoms with Gasteiger partial charge in [-0.25, -0.2) is 4.68 Å². The molecule has 4 rings (SSSR count). The van der Waals surface area contributed by atoms with Crippen LogP contribution in [0.5, 0.6) is 0 Å². The predicted molar refractivity (Wildman–Crippen MR) is 112 cm³/mol. The fraction of sp³-hybridized carbons (Fsp3) is 0.409. The molecule has 3 aromatic rings. The first-order valence-electron chi connectivity index (χ1n) is 10.3. The number of aromatic nitrogens is 4. The molecular formula is C22H28N6O. The highest BCUT2D eigenvalue weighted by Crippen LogP contribution is 2.16. The number of benzene rings is 1. The van der Waals surface area contributed by atoms with Crippen LogP contribution in [0.2, 0.25) is 0 Å². The smallest absolute Gasteiger partial charge is 0.271 e. The third kappa shape index (κ3) is 4.56. The van der Waals surface area contributed by atoms with Crippen LogP contribution in [-0.2, 0) is 6.42 Å². The molecule has 0 bridgehead atoms. The monoisotopic (exact) mass is 392 g/mol. The van der Waals surface area contributed by atoms with E-state index in [9.17, 15) is 4.79 Å². The molecule has 0 spiro atoms. The number of aryl methyl sites for hydroxylation is 1. The summed E-state index contributed by atoms with van der Waals surface area (Å²) in [5.74, 6) is -0.137. The maximum absolute atomic E-state index is 12.7. The Balaban J connectivity index is 1.41. The van der Waals surface area contributed by atoms with Gasteiger partial charge in [-0.05, 0) is 57.5 Å². The number of nitrogens with zero attached hydrogens (tertiary/aromatic N) is 4. The molecule has 2 N–H and O–H groups in total. The molecule has 1 saturated heterocycles. The zero-order valence-corrected chi connectivity index (χ0v) is 17.0. The van der Waals surface area contributed by atoms with Crippen molar-refractivity contribution in [1.82, 2.24) is 30.2 Å². The van der Waals surface area contributed by atoms with Crippen LogP contribution in [0.4, 0.5) is 0 Å². The van der Waals surface area contributed by atoms with Gasteiger partial charge in [0, 0.05) is 30.9 Å². The van der Waals surface area contributed by atoms with E-state index in [2.05, 4.69) is 26.9 Å². The molecule has 0 aliphatic carbocycles. The summed E-state index contributed by atoms with van der Waals surface area (Å²) < 4.78 is 3.86. The van der Waals surface area contributed by atoms with Gasteiger partial charge in [-0.15, -0.1) is 0 Å². The van der Waals surface area contributed by atoms with Gasteiger partial charge in [0.1, 0.15) is 5.69 Å². The standard InChI is InChI=1S/C22H28N6O/c1-16(13-20-14-17(2)25-28(20)18-7-4-3-5-8-18)24-22(29)21-10-12-27(26-21)19-9-6-11-23-15-19/h3-5,7-8,10,12,14,16,19,23H,6,9,11,13,15H2,1-2H3,(H,24,29). The fourth-order valence-electron chi connectivity index (χ4n) is 3.88. The van der Waals surface area contributed by atoms with Gasteiger partial charge in [0.05, 0.1) is 17.4 Å². The molecule has 7 heteroatoms. The molecule has 1 aliphatic heterocycles. The second-order valence-corrected chi connectivity index (χ2v) is 7.78. The fourth-order valence-corrected chi connectivity index (χ4v) is 3.88. The summed E-state index contributed by atoms with van der Waals surface area (Å²) >= 11 is 0. The topological polar surface area (TPSA) is 76.8 Å². The highest BCUT2D eigenvalue weighted by Gasteiger charge is 2.19. The number of amides is 1. The molecule has 0 saturated carbocycles. The van der Waals surface area contributed by atoms with Gasteiger partial charge in [0.25, 0.3) is 5.91 Å². The Bertz CT molecular complexity index is 955. The summed E-state index contributed by atoms with van der Waals surface area (Å²) in [7, 11) is 0. The van der Waals surface area contributed by atoms with Crippen molar-refractivity contribution in [2.45, 2.75) is 45.2 Å². The molecule has 3 heterocycles. The van der Waals surface area contributed by atoms with Crippen LogP contribution in [0, 0.1) is 6.92 Å². The SMILES string of the molecule is Cc1cc(CC(C)NC(=O)c2ccn(C3CCCNC3)n2)n(-c2ccccc2)n1. The quantitative estimate of drug-likeness (QED) is 0.676. The van der Waals surface area contributed by atoms with Gasteiger partial charge in [-0.3, -0.25) is 9.48 Å². The Kier molecular flexibility index (Phi) is 5.76. The number of rotatable bonds is 6. The predicted octanol–water partition coefficient (Wildman–Crippen LogP) is 2.66. The van der Waals surface area contributed by atoms with Gasteiger partial charge in [-0.1, -0.05) is 18.2 Å². The van der Waals surface area contributed by atoms with E-state index >= 15 is 0 Å². The number of piperidine rings is 1.